The minimum Gasteiger partial charge on any atom is -0.381 e. The molecule has 122 valence electrons. The molecule has 0 bridgehead atoms. The molecule has 1 heterocycles. The highest BCUT2D eigenvalue weighted by Crippen LogP contribution is 2.26. The number of nitrogens with one attached hydrogen (secondary N) is 1. The topological polar surface area (TPSA) is 41.6 Å². The average Bonchev–Trinajstić information content (AvgIpc) is 2.55. The molecule has 2 rings (SSSR count). The van der Waals surface area contributed by atoms with Crippen molar-refractivity contribution in [2.45, 2.75) is 37.6 Å². The Kier molecular flexibility index (Phi) is 5.98. The second-order valence-corrected chi connectivity index (χ2v) is 6.32. The molecular formula is C18H28N2O2. The van der Waals surface area contributed by atoms with Crippen LogP contribution in [0.1, 0.15) is 37.7 Å². The first-order chi connectivity index (χ1) is 10.6. The minimum absolute atomic E-state index is 0.0168. The fourth-order valence-corrected chi connectivity index (χ4v) is 3.17. The third kappa shape index (κ3) is 3.87. The van der Waals surface area contributed by atoms with E-state index in [9.17, 15) is 4.79 Å². The number of benzene rings is 1. The SMILES string of the molecule is CCC(C(=O)NCC1(N(C)C)CCOCC1)c1ccccc1. The summed E-state index contributed by atoms with van der Waals surface area (Å²) in [6, 6.07) is 10.0. The van der Waals surface area contributed by atoms with E-state index in [1.165, 1.54) is 0 Å². The van der Waals surface area contributed by atoms with Crippen LogP contribution in [-0.4, -0.2) is 50.2 Å². The second-order valence-electron chi connectivity index (χ2n) is 6.32. The third-order valence-electron chi connectivity index (χ3n) is 4.89. The number of rotatable bonds is 6. The van der Waals surface area contributed by atoms with Crippen molar-refractivity contribution >= 4 is 5.91 Å². The molecule has 1 N–H and O–H groups in total. The summed E-state index contributed by atoms with van der Waals surface area (Å²) in [6.45, 7) is 4.28. The van der Waals surface area contributed by atoms with Crippen LogP contribution in [0.15, 0.2) is 30.3 Å². The zero-order valence-corrected chi connectivity index (χ0v) is 14.0. The zero-order valence-electron chi connectivity index (χ0n) is 14.0. The molecule has 1 atom stereocenters. The van der Waals surface area contributed by atoms with E-state index in [0.717, 1.165) is 38.0 Å². The second kappa shape index (κ2) is 7.75. The standard InChI is InChI=1S/C18H28N2O2/c1-4-16(15-8-6-5-7-9-15)17(21)19-14-18(20(2)3)10-12-22-13-11-18/h5-9,16H,4,10-14H2,1-3H3,(H,19,21). The number of amides is 1. The molecule has 1 unspecified atom stereocenters. The van der Waals surface area contributed by atoms with Crippen molar-refractivity contribution in [3.8, 4) is 0 Å². The Hall–Kier alpha value is -1.39. The van der Waals surface area contributed by atoms with Crippen molar-refractivity contribution in [3.05, 3.63) is 35.9 Å². The molecule has 1 aliphatic heterocycles. The summed E-state index contributed by atoms with van der Waals surface area (Å²) in [5.41, 5.74) is 1.11. The van der Waals surface area contributed by atoms with Gasteiger partial charge in [0.05, 0.1) is 5.92 Å². The zero-order chi connectivity index (χ0) is 16.0. The fraction of sp³-hybridized carbons (Fsp3) is 0.611. The highest BCUT2D eigenvalue weighted by molar-refractivity contribution is 5.83. The van der Waals surface area contributed by atoms with E-state index in [1.807, 2.05) is 30.3 Å². The quantitative estimate of drug-likeness (QED) is 0.877. The van der Waals surface area contributed by atoms with Gasteiger partial charge in [-0.2, -0.15) is 0 Å². The lowest BCUT2D eigenvalue weighted by Gasteiger charge is -2.43. The largest absolute Gasteiger partial charge is 0.381 e. The summed E-state index contributed by atoms with van der Waals surface area (Å²) in [7, 11) is 4.18. The third-order valence-corrected chi connectivity index (χ3v) is 4.89. The molecule has 0 aliphatic carbocycles. The monoisotopic (exact) mass is 304 g/mol. The molecule has 4 nitrogen and oxygen atoms in total. The van der Waals surface area contributed by atoms with E-state index in [1.54, 1.807) is 0 Å². The molecule has 1 aromatic carbocycles. The van der Waals surface area contributed by atoms with Crippen molar-refractivity contribution in [1.29, 1.82) is 0 Å². The maximum Gasteiger partial charge on any atom is 0.227 e. The van der Waals surface area contributed by atoms with Crippen LogP contribution in [0, 0.1) is 0 Å². The van der Waals surface area contributed by atoms with Gasteiger partial charge in [-0.25, -0.2) is 0 Å². The Bertz CT molecular complexity index is 467. The molecular weight excluding hydrogens is 276 g/mol. The van der Waals surface area contributed by atoms with Gasteiger partial charge in [0.2, 0.25) is 5.91 Å². The summed E-state index contributed by atoms with van der Waals surface area (Å²) in [4.78, 5) is 14.9. The Labute approximate surface area is 133 Å². The Morgan fingerprint density at radius 1 is 1.27 bits per heavy atom. The van der Waals surface area contributed by atoms with E-state index in [2.05, 4.69) is 31.2 Å². The summed E-state index contributed by atoms with van der Waals surface area (Å²) < 4.78 is 5.48. The van der Waals surface area contributed by atoms with Crippen molar-refractivity contribution in [1.82, 2.24) is 10.2 Å². The first-order valence-corrected chi connectivity index (χ1v) is 8.17. The normalized spacial score (nSPS) is 18.9. The number of likely N-dealkylation sites (N-methyl/N-ethyl adjacent to an activating group) is 1. The number of hydrogen-bond acceptors (Lipinski definition) is 3. The van der Waals surface area contributed by atoms with Crippen LogP contribution in [0.25, 0.3) is 0 Å². The summed E-state index contributed by atoms with van der Waals surface area (Å²) in [5.74, 6) is 0.0571. The lowest BCUT2D eigenvalue weighted by molar-refractivity contribution is -0.123. The van der Waals surface area contributed by atoms with Gasteiger partial charge in [-0.3, -0.25) is 4.79 Å². The van der Waals surface area contributed by atoms with Gasteiger partial charge in [0.25, 0.3) is 0 Å². The summed E-state index contributed by atoms with van der Waals surface area (Å²) >= 11 is 0. The molecule has 0 saturated carbocycles. The van der Waals surface area contributed by atoms with Gasteiger partial charge in [-0.1, -0.05) is 37.3 Å². The van der Waals surface area contributed by atoms with Crippen molar-refractivity contribution in [2.24, 2.45) is 0 Å². The van der Waals surface area contributed by atoms with E-state index in [4.69, 9.17) is 4.74 Å². The lowest BCUT2D eigenvalue weighted by Crippen LogP contribution is -2.56. The van der Waals surface area contributed by atoms with E-state index < -0.39 is 0 Å². The van der Waals surface area contributed by atoms with Crippen LogP contribution in [-0.2, 0) is 9.53 Å². The van der Waals surface area contributed by atoms with Crippen LogP contribution in [0.3, 0.4) is 0 Å². The van der Waals surface area contributed by atoms with Gasteiger partial charge in [-0.15, -0.1) is 0 Å². The average molecular weight is 304 g/mol. The lowest BCUT2D eigenvalue weighted by atomic mass is 9.88. The Balaban J connectivity index is 2.01. The number of carbonyl (C=O) groups is 1. The summed E-state index contributed by atoms with van der Waals surface area (Å²) in [5, 5.41) is 3.19. The molecule has 1 amide bonds. The maximum absolute atomic E-state index is 12.6. The molecule has 22 heavy (non-hydrogen) atoms. The molecule has 1 fully saturated rings. The van der Waals surface area contributed by atoms with E-state index in [0.29, 0.717) is 6.54 Å². The van der Waals surface area contributed by atoms with Crippen LogP contribution < -0.4 is 5.32 Å². The predicted molar refractivity (Wildman–Crippen MR) is 89.0 cm³/mol. The predicted octanol–water partition coefficient (Wildman–Crippen LogP) is 2.41. The maximum atomic E-state index is 12.6. The Morgan fingerprint density at radius 2 is 1.91 bits per heavy atom. The van der Waals surface area contributed by atoms with E-state index >= 15 is 0 Å². The van der Waals surface area contributed by atoms with Crippen molar-refractivity contribution in [3.63, 3.8) is 0 Å². The van der Waals surface area contributed by atoms with Gasteiger partial charge in [0.15, 0.2) is 0 Å². The molecule has 0 radical (unpaired) electrons. The molecule has 4 heteroatoms. The molecule has 1 aromatic rings. The van der Waals surface area contributed by atoms with Crippen LogP contribution in [0.4, 0.5) is 0 Å². The first-order valence-electron chi connectivity index (χ1n) is 8.17. The van der Waals surface area contributed by atoms with Gasteiger partial charge in [0, 0.05) is 25.3 Å². The smallest absolute Gasteiger partial charge is 0.227 e. The fourth-order valence-electron chi connectivity index (χ4n) is 3.17. The molecule has 0 spiro atoms. The van der Waals surface area contributed by atoms with Gasteiger partial charge < -0.3 is 15.0 Å². The van der Waals surface area contributed by atoms with Crippen LogP contribution >= 0.6 is 0 Å². The van der Waals surface area contributed by atoms with Crippen molar-refractivity contribution < 1.29 is 9.53 Å². The number of hydrogen-bond donors (Lipinski definition) is 1. The van der Waals surface area contributed by atoms with Crippen LogP contribution in [0.5, 0.6) is 0 Å². The number of nitrogens with zero attached hydrogens (tertiary/aromatic N) is 1. The van der Waals surface area contributed by atoms with Gasteiger partial charge in [-0.05, 0) is 38.9 Å². The van der Waals surface area contributed by atoms with Gasteiger partial charge in [0.1, 0.15) is 0 Å². The number of carbonyl (C=O) groups excluding carboxylic acids is 1. The first kappa shape index (κ1) is 17.0. The molecule has 1 saturated heterocycles. The number of ether oxygens (including phenoxy) is 1. The Morgan fingerprint density at radius 3 is 2.45 bits per heavy atom. The van der Waals surface area contributed by atoms with Crippen molar-refractivity contribution in [2.75, 3.05) is 33.9 Å². The molecule has 1 aliphatic rings. The highest BCUT2D eigenvalue weighted by Gasteiger charge is 2.35. The highest BCUT2D eigenvalue weighted by atomic mass is 16.5. The summed E-state index contributed by atoms with van der Waals surface area (Å²) in [6.07, 6.45) is 2.73. The van der Waals surface area contributed by atoms with E-state index in [-0.39, 0.29) is 17.4 Å². The van der Waals surface area contributed by atoms with Crippen LogP contribution in [0.2, 0.25) is 0 Å². The minimum atomic E-state index is -0.0692. The van der Waals surface area contributed by atoms with Gasteiger partial charge >= 0.3 is 0 Å². The molecule has 0 aromatic heterocycles.